The van der Waals surface area contributed by atoms with Crippen LogP contribution in [0.5, 0.6) is 0 Å². The molecule has 1 amide bonds. The number of hydrogen-bond acceptors (Lipinski definition) is 3. The zero-order valence-corrected chi connectivity index (χ0v) is 19.1. The third-order valence-electron chi connectivity index (χ3n) is 8.08. The van der Waals surface area contributed by atoms with E-state index in [0.717, 1.165) is 40.8 Å². The van der Waals surface area contributed by atoms with Gasteiger partial charge in [0.1, 0.15) is 11.5 Å². The Hall–Kier alpha value is -3.22. The maximum absolute atomic E-state index is 13.7. The summed E-state index contributed by atoms with van der Waals surface area (Å²) in [6.45, 7) is 4.95. The smallest absolute Gasteiger partial charge is 0.307 e. The van der Waals surface area contributed by atoms with Crippen LogP contribution in [-0.4, -0.2) is 33.6 Å². The van der Waals surface area contributed by atoms with Crippen molar-refractivity contribution in [2.75, 3.05) is 7.05 Å². The molecule has 0 saturated heterocycles. The monoisotopic (exact) mass is 449 g/mol. The Balaban J connectivity index is 1.59. The lowest BCUT2D eigenvalue weighted by molar-refractivity contribution is -0.136. The van der Waals surface area contributed by atoms with Crippen molar-refractivity contribution in [1.82, 2.24) is 14.9 Å². The number of rotatable bonds is 5. The second kappa shape index (κ2) is 7.40. The highest BCUT2D eigenvalue weighted by Gasteiger charge is 2.77. The van der Waals surface area contributed by atoms with Crippen LogP contribution in [0.25, 0.3) is 11.0 Å². The Morgan fingerprint density at radius 2 is 1.97 bits per heavy atom. The fraction of sp³-hybridized carbons (Fsp3) is 0.423. The summed E-state index contributed by atoms with van der Waals surface area (Å²) in [5, 5.41) is 13.3. The van der Waals surface area contributed by atoms with Gasteiger partial charge in [-0.15, -0.1) is 0 Å². The molecule has 172 valence electrons. The lowest BCUT2D eigenvalue weighted by atomic mass is 9.82. The Bertz CT molecular complexity index is 1260. The summed E-state index contributed by atoms with van der Waals surface area (Å²) in [5.41, 5.74) is 2.41. The number of nitrogens with zero attached hydrogens (tertiary/aromatic N) is 2. The third-order valence-corrected chi connectivity index (χ3v) is 8.08. The molecule has 0 spiro atoms. The van der Waals surface area contributed by atoms with Gasteiger partial charge in [-0.2, -0.15) is 0 Å². The molecule has 2 aromatic heterocycles. The van der Waals surface area contributed by atoms with Crippen LogP contribution < -0.4 is 5.32 Å². The second-order valence-electron chi connectivity index (χ2n) is 9.87. The van der Waals surface area contributed by atoms with Gasteiger partial charge in [-0.05, 0) is 65.5 Å². The maximum Gasteiger partial charge on any atom is 0.307 e. The maximum atomic E-state index is 13.7. The number of fused-ring (bicyclic) bond motifs is 3. The lowest BCUT2D eigenvalue weighted by Crippen LogP contribution is -2.37. The zero-order chi connectivity index (χ0) is 23.5. The van der Waals surface area contributed by atoms with Crippen molar-refractivity contribution in [3.63, 3.8) is 0 Å². The quantitative estimate of drug-likeness (QED) is 0.622. The van der Waals surface area contributed by atoms with E-state index in [0.29, 0.717) is 6.42 Å². The summed E-state index contributed by atoms with van der Waals surface area (Å²) in [7, 11) is 1.65. The number of benzene rings is 1. The molecular weight excluding hydrogens is 421 g/mol. The third kappa shape index (κ3) is 2.94. The minimum Gasteiger partial charge on any atom is -0.481 e. The van der Waals surface area contributed by atoms with Crippen molar-refractivity contribution in [2.24, 2.45) is 17.3 Å². The first-order valence-corrected chi connectivity index (χ1v) is 11.4. The van der Waals surface area contributed by atoms with Crippen LogP contribution in [0.4, 0.5) is 4.39 Å². The molecule has 7 heteroatoms. The molecule has 1 saturated carbocycles. The van der Waals surface area contributed by atoms with E-state index in [2.05, 4.69) is 28.7 Å². The lowest BCUT2D eigenvalue weighted by Gasteiger charge is -2.28. The van der Waals surface area contributed by atoms with E-state index in [1.807, 2.05) is 12.1 Å². The first kappa shape index (κ1) is 21.6. The summed E-state index contributed by atoms with van der Waals surface area (Å²) in [4.78, 5) is 29.5. The number of amides is 1. The summed E-state index contributed by atoms with van der Waals surface area (Å²) >= 11 is 0. The van der Waals surface area contributed by atoms with Gasteiger partial charge in [0.15, 0.2) is 0 Å². The van der Waals surface area contributed by atoms with Gasteiger partial charge in [0, 0.05) is 30.9 Å². The van der Waals surface area contributed by atoms with Crippen LogP contribution in [0.3, 0.4) is 0 Å². The minimum atomic E-state index is -0.867. The van der Waals surface area contributed by atoms with Crippen molar-refractivity contribution in [1.29, 1.82) is 0 Å². The van der Waals surface area contributed by atoms with E-state index < -0.39 is 11.4 Å². The average molecular weight is 450 g/mol. The summed E-state index contributed by atoms with van der Waals surface area (Å²) in [5.74, 6) is -1.01. The molecule has 1 aliphatic heterocycles. The first-order valence-electron chi connectivity index (χ1n) is 11.4. The SMILES string of the molecule is CNC(=O)C1(c2ccc(F)cc2)C(C2CCn3c(c(CC(=O)O)c4cccnc43)C2)C1(C)C. The number of aliphatic carboxylic acids is 1. The molecule has 3 unspecified atom stereocenters. The molecule has 3 aromatic rings. The van der Waals surface area contributed by atoms with Gasteiger partial charge in [-0.3, -0.25) is 9.59 Å². The van der Waals surface area contributed by atoms with E-state index >= 15 is 0 Å². The predicted molar refractivity (Wildman–Crippen MR) is 122 cm³/mol. The van der Waals surface area contributed by atoms with Gasteiger partial charge >= 0.3 is 5.97 Å². The van der Waals surface area contributed by atoms with Crippen LogP contribution in [0.1, 0.15) is 37.1 Å². The van der Waals surface area contributed by atoms with E-state index in [-0.39, 0.29) is 35.4 Å². The van der Waals surface area contributed by atoms with Gasteiger partial charge in [0.05, 0.1) is 11.8 Å². The number of hydrogen-bond donors (Lipinski definition) is 2. The van der Waals surface area contributed by atoms with Crippen molar-refractivity contribution in [3.8, 4) is 0 Å². The van der Waals surface area contributed by atoms with Gasteiger partial charge in [-0.25, -0.2) is 9.37 Å². The van der Waals surface area contributed by atoms with Gasteiger partial charge in [0.25, 0.3) is 0 Å². The number of halogens is 1. The second-order valence-corrected chi connectivity index (χ2v) is 9.87. The number of aryl methyl sites for hydroxylation is 1. The average Bonchev–Trinajstić information content (AvgIpc) is 3.18. The van der Waals surface area contributed by atoms with E-state index in [4.69, 9.17) is 0 Å². The molecule has 1 aliphatic carbocycles. The molecule has 5 rings (SSSR count). The number of carboxylic acids is 1. The van der Waals surface area contributed by atoms with Crippen LogP contribution in [0, 0.1) is 23.1 Å². The number of carbonyl (C=O) groups is 2. The Morgan fingerprint density at radius 1 is 1.24 bits per heavy atom. The number of carboxylic acid groups (broad SMARTS) is 1. The van der Waals surface area contributed by atoms with Crippen LogP contribution in [-0.2, 0) is 34.4 Å². The van der Waals surface area contributed by atoms with E-state index in [9.17, 15) is 19.1 Å². The van der Waals surface area contributed by atoms with Gasteiger partial charge < -0.3 is 15.0 Å². The molecule has 1 fully saturated rings. The molecule has 3 atom stereocenters. The predicted octanol–water partition coefficient (Wildman–Crippen LogP) is 3.70. The van der Waals surface area contributed by atoms with Crippen LogP contribution in [0.15, 0.2) is 42.6 Å². The molecule has 2 N–H and O–H groups in total. The number of likely N-dealkylation sites (N-methyl/N-ethyl adjacent to an activating group) is 1. The number of nitrogens with one attached hydrogen (secondary N) is 1. The molecular formula is C26H28FN3O3. The largest absolute Gasteiger partial charge is 0.481 e. The molecule has 1 aromatic carbocycles. The molecule has 2 aliphatic rings. The van der Waals surface area contributed by atoms with E-state index in [1.165, 1.54) is 12.1 Å². The fourth-order valence-electron chi connectivity index (χ4n) is 6.82. The fourth-order valence-corrected chi connectivity index (χ4v) is 6.82. The highest BCUT2D eigenvalue weighted by molar-refractivity contribution is 5.94. The van der Waals surface area contributed by atoms with Crippen LogP contribution in [0.2, 0.25) is 0 Å². The Kier molecular flexibility index (Phi) is 4.85. The van der Waals surface area contributed by atoms with Crippen molar-refractivity contribution < 1.29 is 19.1 Å². The molecule has 33 heavy (non-hydrogen) atoms. The molecule has 0 radical (unpaired) electrons. The van der Waals surface area contributed by atoms with Gasteiger partial charge in [0.2, 0.25) is 5.91 Å². The normalized spacial score (nSPS) is 25.5. The van der Waals surface area contributed by atoms with Crippen LogP contribution >= 0.6 is 0 Å². The summed E-state index contributed by atoms with van der Waals surface area (Å²) < 4.78 is 15.8. The topological polar surface area (TPSA) is 84.2 Å². The van der Waals surface area contributed by atoms with E-state index in [1.54, 1.807) is 25.4 Å². The standard InChI is InChI=1S/C26H28FN3O3/c1-25(2)22(26(25,24(33)28-3)16-6-8-17(27)9-7-16)15-10-12-30-20(13-15)19(14-21(31)32)18-5-4-11-29-23(18)30/h4-9,11,15,22H,10,12-14H2,1-3H3,(H,28,33)(H,31,32). The summed E-state index contributed by atoms with van der Waals surface area (Å²) in [6, 6.07) is 10.1. The minimum absolute atomic E-state index is 0.0489. The number of aromatic nitrogens is 2. The number of pyridine rings is 1. The molecule has 3 heterocycles. The molecule has 6 nitrogen and oxygen atoms in total. The highest BCUT2D eigenvalue weighted by atomic mass is 19.1. The summed E-state index contributed by atoms with van der Waals surface area (Å²) in [6.07, 6.45) is 3.24. The zero-order valence-electron chi connectivity index (χ0n) is 19.1. The first-order chi connectivity index (χ1) is 15.7. The highest BCUT2D eigenvalue weighted by Crippen LogP contribution is 2.73. The van der Waals surface area contributed by atoms with Crippen molar-refractivity contribution in [2.45, 2.75) is 45.1 Å². The Morgan fingerprint density at radius 3 is 2.64 bits per heavy atom. The number of carbonyl (C=O) groups excluding carboxylic acids is 1. The Labute approximate surface area is 191 Å². The molecule has 0 bridgehead atoms. The van der Waals surface area contributed by atoms with Crippen molar-refractivity contribution in [3.05, 3.63) is 65.2 Å². The van der Waals surface area contributed by atoms with Crippen molar-refractivity contribution >= 4 is 22.9 Å². The van der Waals surface area contributed by atoms with Gasteiger partial charge in [-0.1, -0.05) is 26.0 Å².